The molecule has 1 aromatic rings. The van der Waals surface area contributed by atoms with Crippen LogP contribution in [-0.2, 0) is 15.4 Å². The Kier molecular flexibility index (Phi) is 5.65. The zero-order valence-corrected chi connectivity index (χ0v) is 18.7. The largest absolute Gasteiger partial charge is 0.435 e. The number of hydrogen-bond acceptors (Lipinski definition) is 3. The summed E-state index contributed by atoms with van der Waals surface area (Å²) in [5.74, 6) is 1.02. The fourth-order valence-electron chi connectivity index (χ4n) is 3.08. The molecule has 2 rings (SSSR count). The van der Waals surface area contributed by atoms with Gasteiger partial charge in [0.05, 0.1) is 6.61 Å². The first-order chi connectivity index (χ1) is 11.2. The average molecular weight is 365 g/mol. The van der Waals surface area contributed by atoms with Gasteiger partial charge in [0.2, 0.25) is 0 Å². The summed E-state index contributed by atoms with van der Waals surface area (Å²) in [5.41, 5.74) is 3.89. The quantitative estimate of drug-likeness (QED) is 0.572. The molecule has 0 aromatic heterocycles. The normalized spacial score (nSPS) is 20.2. The van der Waals surface area contributed by atoms with E-state index in [0.717, 1.165) is 18.9 Å². The lowest BCUT2D eigenvalue weighted by atomic mass is 9.78. The molecule has 1 heterocycles. The van der Waals surface area contributed by atoms with Gasteiger partial charge < -0.3 is 9.05 Å². The van der Waals surface area contributed by atoms with Crippen LogP contribution >= 0.6 is 8.53 Å². The van der Waals surface area contributed by atoms with E-state index in [1.54, 1.807) is 0 Å². The molecule has 0 N–H and O–H groups in total. The Hall–Kier alpha value is -0.630. The Morgan fingerprint density at radius 1 is 0.920 bits per heavy atom. The van der Waals surface area contributed by atoms with Crippen LogP contribution in [0.15, 0.2) is 12.1 Å². The zero-order valence-electron chi connectivity index (χ0n) is 17.8. The van der Waals surface area contributed by atoms with Crippen LogP contribution in [0, 0.1) is 6.92 Å². The predicted molar refractivity (Wildman–Crippen MR) is 109 cm³/mol. The van der Waals surface area contributed by atoms with Gasteiger partial charge in [-0.2, -0.15) is 0 Å². The summed E-state index contributed by atoms with van der Waals surface area (Å²) in [5, 5.41) is 0. The number of rotatable bonds is 2. The molecule has 1 aliphatic heterocycles. The molecule has 4 heteroatoms. The first kappa shape index (κ1) is 20.7. The molecule has 1 saturated heterocycles. The van der Waals surface area contributed by atoms with Crippen LogP contribution in [0.25, 0.3) is 0 Å². The van der Waals surface area contributed by atoms with Crippen molar-refractivity contribution in [2.24, 2.45) is 0 Å². The molecule has 142 valence electrons. The highest BCUT2D eigenvalue weighted by Gasteiger charge is 2.39. The van der Waals surface area contributed by atoms with Gasteiger partial charge >= 0.3 is 8.53 Å². The third-order valence-electron chi connectivity index (χ3n) is 4.49. The molecule has 1 fully saturated rings. The van der Waals surface area contributed by atoms with Gasteiger partial charge in [-0.05, 0) is 38.5 Å². The minimum Gasteiger partial charge on any atom is -0.435 e. The van der Waals surface area contributed by atoms with Crippen LogP contribution in [0.2, 0.25) is 0 Å². The molecular formula is C21H36NO2P. The Bertz CT molecular complexity index is 585. The molecule has 1 unspecified atom stereocenters. The summed E-state index contributed by atoms with van der Waals surface area (Å²) >= 11 is 0. The maximum atomic E-state index is 6.65. The maximum absolute atomic E-state index is 6.65. The third-order valence-corrected chi connectivity index (χ3v) is 6.43. The lowest BCUT2D eigenvalue weighted by Gasteiger charge is -2.36. The fraction of sp³-hybridized carbons (Fsp3) is 0.714. The Morgan fingerprint density at radius 3 is 1.80 bits per heavy atom. The highest BCUT2D eigenvalue weighted by atomic mass is 31.2. The smallest absolute Gasteiger partial charge is 0.321 e. The van der Waals surface area contributed by atoms with E-state index in [2.05, 4.69) is 86.0 Å². The highest BCUT2D eigenvalue weighted by Crippen LogP contribution is 2.54. The number of aryl methyl sites for hydroxylation is 1. The molecule has 0 saturated carbocycles. The standard InChI is InChI=1S/C21H36NO2P/c1-15-13-16(19(2,3)4)18(17(14-15)20(5,6)7)24-25-22(11-12-23-25)21(8,9)10/h13-14H,11-12H2,1-10H3. The average Bonchev–Trinajstić information content (AvgIpc) is 2.86. The van der Waals surface area contributed by atoms with E-state index >= 15 is 0 Å². The Morgan fingerprint density at radius 2 is 1.40 bits per heavy atom. The van der Waals surface area contributed by atoms with Crippen molar-refractivity contribution in [1.29, 1.82) is 0 Å². The van der Waals surface area contributed by atoms with E-state index in [-0.39, 0.29) is 16.4 Å². The number of nitrogens with zero attached hydrogens (tertiary/aromatic N) is 1. The third kappa shape index (κ3) is 4.76. The summed E-state index contributed by atoms with van der Waals surface area (Å²) in [6.07, 6.45) is 0. The number of benzene rings is 1. The van der Waals surface area contributed by atoms with Gasteiger partial charge in [0.25, 0.3) is 0 Å². The highest BCUT2D eigenvalue weighted by molar-refractivity contribution is 7.45. The van der Waals surface area contributed by atoms with Gasteiger partial charge in [0, 0.05) is 23.2 Å². The van der Waals surface area contributed by atoms with E-state index in [1.807, 2.05) is 0 Å². The summed E-state index contributed by atoms with van der Waals surface area (Å²) < 4.78 is 15.0. The maximum Gasteiger partial charge on any atom is 0.321 e. The summed E-state index contributed by atoms with van der Waals surface area (Å²) in [7, 11) is -1.08. The lowest BCUT2D eigenvalue weighted by molar-refractivity contribution is 0.267. The minimum absolute atomic E-state index is 0.0168. The van der Waals surface area contributed by atoms with Crippen LogP contribution in [0.4, 0.5) is 0 Å². The van der Waals surface area contributed by atoms with E-state index in [4.69, 9.17) is 9.05 Å². The van der Waals surface area contributed by atoms with Crippen LogP contribution in [0.3, 0.4) is 0 Å². The predicted octanol–water partition coefficient (Wildman–Crippen LogP) is 6.33. The van der Waals surface area contributed by atoms with Crippen LogP contribution in [0.1, 0.15) is 79.0 Å². The number of hydrogen-bond donors (Lipinski definition) is 0. The molecule has 3 nitrogen and oxygen atoms in total. The van der Waals surface area contributed by atoms with Crippen molar-refractivity contribution in [3.63, 3.8) is 0 Å². The van der Waals surface area contributed by atoms with Crippen molar-refractivity contribution in [2.75, 3.05) is 13.2 Å². The second-order valence-electron chi connectivity index (χ2n) is 10.1. The molecule has 1 aliphatic rings. The van der Waals surface area contributed by atoms with Crippen molar-refractivity contribution in [3.8, 4) is 5.75 Å². The van der Waals surface area contributed by atoms with Gasteiger partial charge in [-0.3, -0.25) is 0 Å². The van der Waals surface area contributed by atoms with Crippen molar-refractivity contribution in [3.05, 3.63) is 28.8 Å². The van der Waals surface area contributed by atoms with E-state index < -0.39 is 8.53 Å². The first-order valence-corrected chi connectivity index (χ1v) is 10.4. The molecule has 0 bridgehead atoms. The van der Waals surface area contributed by atoms with E-state index in [1.165, 1.54) is 16.7 Å². The van der Waals surface area contributed by atoms with Crippen LogP contribution in [0.5, 0.6) is 5.75 Å². The SMILES string of the molecule is Cc1cc(C(C)(C)C)c(OP2OCCN2C(C)(C)C)c(C(C)(C)C)c1. The van der Waals surface area contributed by atoms with Crippen molar-refractivity contribution < 1.29 is 9.05 Å². The van der Waals surface area contributed by atoms with Gasteiger partial charge in [-0.25, -0.2) is 4.67 Å². The van der Waals surface area contributed by atoms with Gasteiger partial charge in [-0.1, -0.05) is 59.2 Å². The fourth-order valence-corrected chi connectivity index (χ4v) is 4.69. The molecular weight excluding hydrogens is 329 g/mol. The zero-order chi connectivity index (χ0) is 19.2. The topological polar surface area (TPSA) is 21.7 Å². The Labute approximate surface area is 156 Å². The monoisotopic (exact) mass is 365 g/mol. The van der Waals surface area contributed by atoms with E-state index in [0.29, 0.717) is 0 Å². The van der Waals surface area contributed by atoms with Gasteiger partial charge in [0.15, 0.2) is 0 Å². The van der Waals surface area contributed by atoms with Crippen LogP contribution in [-0.4, -0.2) is 23.4 Å². The van der Waals surface area contributed by atoms with Crippen LogP contribution < -0.4 is 4.52 Å². The molecule has 0 aliphatic carbocycles. The first-order valence-electron chi connectivity index (χ1n) is 9.25. The molecule has 1 atom stereocenters. The van der Waals surface area contributed by atoms with Crippen molar-refractivity contribution in [1.82, 2.24) is 4.67 Å². The molecule has 0 amide bonds. The summed E-state index contributed by atoms with van der Waals surface area (Å²) in [6, 6.07) is 4.55. The minimum atomic E-state index is -1.08. The van der Waals surface area contributed by atoms with Gasteiger partial charge in [-0.15, -0.1) is 0 Å². The summed E-state index contributed by atoms with van der Waals surface area (Å²) in [6.45, 7) is 24.1. The van der Waals surface area contributed by atoms with E-state index in [9.17, 15) is 0 Å². The second kappa shape index (κ2) is 6.83. The lowest BCUT2D eigenvalue weighted by Crippen LogP contribution is -2.36. The van der Waals surface area contributed by atoms with Gasteiger partial charge in [0.1, 0.15) is 5.75 Å². The molecule has 25 heavy (non-hydrogen) atoms. The Balaban J connectivity index is 2.55. The summed E-state index contributed by atoms with van der Waals surface area (Å²) in [4.78, 5) is 0. The van der Waals surface area contributed by atoms with Crippen molar-refractivity contribution in [2.45, 2.75) is 85.6 Å². The second-order valence-corrected chi connectivity index (χ2v) is 11.5. The molecule has 1 aromatic carbocycles. The molecule has 0 radical (unpaired) electrons. The van der Waals surface area contributed by atoms with Crippen molar-refractivity contribution >= 4 is 8.53 Å². The molecule has 0 spiro atoms.